The van der Waals surface area contributed by atoms with Gasteiger partial charge in [0.2, 0.25) is 5.91 Å². The van der Waals surface area contributed by atoms with E-state index >= 15 is 0 Å². The molecule has 0 aromatic carbocycles. The Labute approximate surface area is 118 Å². The van der Waals surface area contributed by atoms with Crippen LogP contribution in [0.4, 0.5) is 5.82 Å². The van der Waals surface area contributed by atoms with Gasteiger partial charge < -0.3 is 16.1 Å². The van der Waals surface area contributed by atoms with Crippen LogP contribution >= 0.6 is 0 Å². The van der Waals surface area contributed by atoms with Crippen molar-refractivity contribution in [2.45, 2.75) is 32.7 Å². The van der Waals surface area contributed by atoms with Crippen LogP contribution in [0.25, 0.3) is 0 Å². The summed E-state index contributed by atoms with van der Waals surface area (Å²) in [5, 5.41) is 5.47. The summed E-state index contributed by atoms with van der Waals surface area (Å²) < 4.78 is 0. The number of amides is 2. The number of hydrogen-bond acceptors (Lipinski definition) is 5. The van der Waals surface area contributed by atoms with Gasteiger partial charge in [0, 0.05) is 19.0 Å². The van der Waals surface area contributed by atoms with Crippen LogP contribution in [-0.2, 0) is 4.79 Å². The van der Waals surface area contributed by atoms with Gasteiger partial charge in [0.15, 0.2) is 0 Å². The Balaban J connectivity index is 2.38. The molecule has 0 fully saturated rings. The highest BCUT2D eigenvalue weighted by Crippen LogP contribution is 2.02. The average Bonchev–Trinajstić information content (AvgIpc) is 2.46. The molecule has 0 bridgehead atoms. The molecule has 0 aliphatic carbocycles. The van der Waals surface area contributed by atoms with Crippen LogP contribution in [0, 0.1) is 0 Å². The monoisotopic (exact) mass is 279 g/mol. The van der Waals surface area contributed by atoms with Crippen LogP contribution in [0.3, 0.4) is 0 Å². The summed E-state index contributed by atoms with van der Waals surface area (Å²) in [5.41, 5.74) is 2.62. The van der Waals surface area contributed by atoms with E-state index < -0.39 is 0 Å². The van der Waals surface area contributed by atoms with Crippen molar-refractivity contribution < 1.29 is 9.59 Å². The van der Waals surface area contributed by atoms with Crippen molar-refractivity contribution >= 4 is 17.6 Å². The summed E-state index contributed by atoms with van der Waals surface area (Å²) >= 11 is 0. The highest BCUT2D eigenvalue weighted by atomic mass is 16.2. The van der Waals surface area contributed by atoms with Crippen LogP contribution < -0.4 is 21.9 Å². The predicted octanol–water partition coefficient (Wildman–Crippen LogP) is 0.402. The lowest BCUT2D eigenvalue weighted by atomic mass is 10.2. The third-order valence-corrected chi connectivity index (χ3v) is 2.79. The van der Waals surface area contributed by atoms with Crippen molar-refractivity contribution in [2.75, 3.05) is 12.0 Å². The molecule has 2 amide bonds. The molecule has 0 aliphatic rings. The minimum absolute atomic E-state index is 0.0787. The molecule has 5 N–H and O–H groups in total. The lowest BCUT2D eigenvalue weighted by Gasteiger charge is -2.11. The van der Waals surface area contributed by atoms with Crippen molar-refractivity contribution in [3.05, 3.63) is 23.9 Å². The number of carbonyl (C=O) groups excluding carboxylic acids is 2. The molecule has 1 rings (SSSR count). The van der Waals surface area contributed by atoms with Crippen molar-refractivity contribution in [3.8, 4) is 0 Å². The maximum Gasteiger partial charge on any atom is 0.269 e. The third kappa shape index (κ3) is 5.23. The first-order valence-electron chi connectivity index (χ1n) is 6.58. The number of nitrogens with one attached hydrogen (secondary N) is 3. The molecular formula is C13H21N5O2. The molecule has 1 aromatic rings. The Morgan fingerprint density at radius 2 is 2.15 bits per heavy atom. The van der Waals surface area contributed by atoms with Gasteiger partial charge >= 0.3 is 0 Å². The number of carbonyl (C=O) groups is 2. The first kappa shape index (κ1) is 15.9. The van der Waals surface area contributed by atoms with Crippen molar-refractivity contribution in [3.63, 3.8) is 0 Å². The Kier molecular flexibility index (Phi) is 6.45. The molecule has 1 aromatic heterocycles. The Bertz CT molecular complexity index is 464. The zero-order valence-electron chi connectivity index (χ0n) is 11.8. The van der Waals surface area contributed by atoms with Gasteiger partial charge in [0.05, 0.1) is 0 Å². The highest BCUT2D eigenvalue weighted by Gasteiger charge is 2.09. The third-order valence-electron chi connectivity index (χ3n) is 2.79. The molecule has 7 nitrogen and oxygen atoms in total. The predicted molar refractivity (Wildman–Crippen MR) is 76.9 cm³/mol. The largest absolute Gasteiger partial charge is 0.354 e. The molecule has 0 radical (unpaired) electrons. The number of nitrogen functional groups attached to an aromatic ring is 1. The molecule has 1 atom stereocenters. The summed E-state index contributed by atoms with van der Waals surface area (Å²) in [6.45, 7) is 4.20. The molecule has 0 saturated carbocycles. The number of aromatic nitrogens is 1. The molecular weight excluding hydrogens is 258 g/mol. The van der Waals surface area contributed by atoms with Gasteiger partial charge in [0.25, 0.3) is 5.91 Å². The van der Waals surface area contributed by atoms with Crippen LogP contribution in [-0.4, -0.2) is 29.4 Å². The summed E-state index contributed by atoms with van der Waals surface area (Å²) in [6, 6.07) is 5.05. The normalized spacial score (nSPS) is 11.6. The number of rotatable bonds is 7. The Morgan fingerprint density at radius 1 is 1.40 bits per heavy atom. The van der Waals surface area contributed by atoms with Crippen molar-refractivity contribution in [1.29, 1.82) is 0 Å². The van der Waals surface area contributed by atoms with Crippen LogP contribution in [0.5, 0.6) is 0 Å². The Hall–Kier alpha value is -2.15. The quantitative estimate of drug-likeness (QED) is 0.427. The number of nitrogens with two attached hydrogens (primary N) is 1. The number of nitrogens with zero attached hydrogens (tertiary/aromatic N) is 1. The van der Waals surface area contributed by atoms with Crippen molar-refractivity contribution in [2.24, 2.45) is 5.84 Å². The van der Waals surface area contributed by atoms with Gasteiger partial charge in [-0.15, -0.1) is 0 Å². The van der Waals surface area contributed by atoms with E-state index in [1.807, 2.05) is 13.8 Å². The highest BCUT2D eigenvalue weighted by molar-refractivity contribution is 5.92. The fourth-order valence-electron chi connectivity index (χ4n) is 1.47. The van der Waals surface area contributed by atoms with E-state index in [1.54, 1.807) is 18.2 Å². The van der Waals surface area contributed by atoms with Gasteiger partial charge in [0.1, 0.15) is 11.5 Å². The first-order chi connectivity index (χ1) is 9.56. The van der Waals surface area contributed by atoms with Gasteiger partial charge in [-0.1, -0.05) is 13.0 Å². The minimum atomic E-state index is -0.335. The maximum absolute atomic E-state index is 11.8. The van der Waals surface area contributed by atoms with Crippen LogP contribution in [0.2, 0.25) is 0 Å². The smallest absolute Gasteiger partial charge is 0.269 e. The molecule has 1 unspecified atom stereocenters. The maximum atomic E-state index is 11.8. The van der Waals surface area contributed by atoms with Gasteiger partial charge in [-0.3, -0.25) is 9.59 Å². The summed E-state index contributed by atoms with van der Waals surface area (Å²) in [5.74, 6) is 5.22. The molecule has 1 heterocycles. The van der Waals surface area contributed by atoms with Crippen molar-refractivity contribution in [1.82, 2.24) is 15.6 Å². The summed E-state index contributed by atoms with van der Waals surface area (Å²) in [6.07, 6.45) is 1.12. The SMILES string of the molecule is CCC(C)NC(=O)CCNC(=O)c1cccc(NN)n1. The zero-order chi connectivity index (χ0) is 15.0. The lowest BCUT2D eigenvalue weighted by Crippen LogP contribution is -2.35. The number of anilines is 1. The lowest BCUT2D eigenvalue weighted by molar-refractivity contribution is -0.121. The number of hydrazine groups is 1. The topological polar surface area (TPSA) is 109 Å². The number of pyridine rings is 1. The molecule has 0 aliphatic heterocycles. The fourth-order valence-corrected chi connectivity index (χ4v) is 1.47. The van der Waals surface area contributed by atoms with Gasteiger partial charge in [-0.25, -0.2) is 10.8 Å². The first-order valence-corrected chi connectivity index (χ1v) is 6.58. The molecule has 0 spiro atoms. The van der Waals surface area contributed by atoms with E-state index in [0.717, 1.165) is 6.42 Å². The molecule has 110 valence electrons. The van der Waals surface area contributed by atoms with E-state index in [0.29, 0.717) is 5.82 Å². The zero-order valence-corrected chi connectivity index (χ0v) is 11.8. The van der Waals surface area contributed by atoms with E-state index in [9.17, 15) is 9.59 Å². The summed E-state index contributed by atoms with van der Waals surface area (Å²) in [4.78, 5) is 27.3. The molecule has 0 saturated heterocycles. The second kappa shape index (κ2) is 8.11. The minimum Gasteiger partial charge on any atom is -0.354 e. The van der Waals surface area contributed by atoms with E-state index in [-0.39, 0.29) is 36.5 Å². The van der Waals surface area contributed by atoms with Gasteiger partial charge in [-0.05, 0) is 25.5 Å². The van der Waals surface area contributed by atoms with Crippen LogP contribution in [0.15, 0.2) is 18.2 Å². The second-order valence-corrected chi connectivity index (χ2v) is 4.44. The standard InChI is InChI=1S/C13H21N5O2/c1-3-9(2)16-12(19)7-8-15-13(20)10-5-4-6-11(17-10)18-14/h4-6,9H,3,7-8,14H2,1-2H3,(H,15,20)(H,16,19)(H,17,18). The fraction of sp³-hybridized carbons (Fsp3) is 0.462. The van der Waals surface area contributed by atoms with Crippen LogP contribution in [0.1, 0.15) is 37.2 Å². The number of hydrogen-bond donors (Lipinski definition) is 4. The Morgan fingerprint density at radius 3 is 2.80 bits per heavy atom. The summed E-state index contributed by atoms with van der Waals surface area (Å²) in [7, 11) is 0. The average molecular weight is 279 g/mol. The van der Waals surface area contributed by atoms with E-state index in [1.165, 1.54) is 0 Å². The second-order valence-electron chi connectivity index (χ2n) is 4.44. The van der Waals surface area contributed by atoms with E-state index in [2.05, 4.69) is 21.0 Å². The molecule has 7 heteroatoms. The molecule has 20 heavy (non-hydrogen) atoms. The van der Waals surface area contributed by atoms with Gasteiger partial charge in [-0.2, -0.15) is 0 Å². The van der Waals surface area contributed by atoms with E-state index in [4.69, 9.17) is 5.84 Å².